The smallest absolute Gasteiger partial charge is 0.335 e. The number of hydrogen-bond donors (Lipinski definition) is 4. The fourth-order valence-electron chi connectivity index (χ4n) is 7.08. The van der Waals surface area contributed by atoms with E-state index in [1.165, 1.54) is 6.07 Å². The molecular formula is C29H39NO11. The molecule has 0 bridgehead atoms. The minimum atomic E-state index is -1.51. The van der Waals surface area contributed by atoms with Crippen LogP contribution in [0.25, 0.3) is 0 Å². The Labute approximate surface area is 238 Å². The van der Waals surface area contributed by atoms with Gasteiger partial charge in [0.15, 0.2) is 17.6 Å². The standard InChI is InChI=1S/C29H39NO11/c1-3-8-30-9-4-5-16-10-17-15(11-21(16)30)6-7-22(31)26(17)40-29-20(14-25(36)37)18(12-23(32)33)19(13-24(34)35)27(41-29)28(38)39-2/h6-7,16,18-21,27,29,31H,3-5,8-14H2,1-2H3,(H,32,33)(H,34,35)(H,36,37)/t16-,18+,19+,20-,21-,27+,29-/m1/s1. The molecule has 2 fully saturated rings. The van der Waals surface area contributed by atoms with Gasteiger partial charge in [0.2, 0.25) is 6.29 Å². The first-order valence-corrected chi connectivity index (χ1v) is 14.2. The van der Waals surface area contributed by atoms with Gasteiger partial charge in [-0.2, -0.15) is 0 Å². The number of benzene rings is 1. The van der Waals surface area contributed by atoms with E-state index in [-0.39, 0.29) is 11.5 Å². The highest BCUT2D eigenvalue weighted by atomic mass is 16.7. The fraction of sp³-hybridized carbons (Fsp3) is 0.655. The Bertz CT molecular complexity index is 1150. The average Bonchev–Trinajstić information content (AvgIpc) is 2.91. The molecule has 1 aliphatic carbocycles. The highest BCUT2D eigenvalue weighted by Crippen LogP contribution is 2.47. The number of phenolic OH excluding ortho intramolecular Hbond substituents is 1. The first-order chi connectivity index (χ1) is 19.5. The van der Waals surface area contributed by atoms with Crippen molar-refractivity contribution in [2.75, 3.05) is 20.2 Å². The van der Waals surface area contributed by atoms with Gasteiger partial charge in [0.25, 0.3) is 0 Å². The molecule has 12 heteroatoms. The van der Waals surface area contributed by atoms with Crippen molar-refractivity contribution in [2.24, 2.45) is 23.7 Å². The summed E-state index contributed by atoms with van der Waals surface area (Å²) in [6.45, 7) is 4.19. The van der Waals surface area contributed by atoms with Crippen molar-refractivity contribution in [3.8, 4) is 11.5 Å². The zero-order valence-corrected chi connectivity index (χ0v) is 23.4. The number of aromatic hydroxyl groups is 1. The molecule has 0 saturated carbocycles. The van der Waals surface area contributed by atoms with E-state index in [1.54, 1.807) is 0 Å². The molecule has 2 aliphatic heterocycles. The van der Waals surface area contributed by atoms with Crippen molar-refractivity contribution in [3.63, 3.8) is 0 Å². The predicted molar refractivity (Wildman–Crippen MR) is 142 cm³/mol. The monoisotopic (exact) mass is 577 g/mol. The Morgan fingerprint density at radius 2 is 1.63 bits per heavy atom. The zero-order valence-electron chi connectivity index (χ0n) is 23.4. The predicted octanol–water partition coefficient (Wildman–Crippen LogP) is 2.53. The van der Waals surface area contributed by atoms with Gasteiger partial charge in [-0.3, -0.25) is 19.3 Å². The third-order valence-corrected chi connectivity index (χ3v) is 8.79. The van der Waals surface area contributed by atoms with Crippen LogP contribution in [0.4, 0.5) is 0 Å². The van der Waals surface area contributed by atoms with E-state index in [0.29, 0.717) is 18.4 Å². The molecule has 41 heavy (non-hydrogen) atoms. The normalized spacial score (nSPS) is 29.6. The van der Waals surface area contributed by atoms with Crippen molar-refractivity contribution in [1.82, 2.24) is 4.90 Å². The summed E-state index contributed by atoms with van der Waals surface area (Å²) in [6.07, 6.45) is -0.305. The molecule has 3 aliphatic rings. The molecule has 7 atom stereocenters. The Balaban J connectivity index is 1.73. The number of piperidine rings is 1. The minimum Gasteiger partial charge on any atom is -0.504 e. The Morgan fingerprint density at radius 3 is 2.27 bits per heavy atom. The number of aliphatic carboxylic acids is 3. The number of fused-ring (bicyclic) bond motifs is 2. The summed E-state index contributed by atoms with van der Waals surface area (Å²) in [5.41, 5.74) is 1.77. The van der Waals surface area contributed by atoms with Gasteiger partial charge in [0.05, 0.1) is 20.0 Å². The van der Waals surface area contributed by atoms with Gasteiger partial charge in [0, 0.05) is 29.9 Å². The number of carbonyl (C=O) groups excluding carboxylic acids is 1. The summed E-state index contributed by atoms with van der Waals surface area (Å²) in [5.74, 6) is -7.92. The van der Waals surface area contributed by atoms with E-state index in [0.717, 1.165) is 57.0 Å². The molecule has 0 radical (unpaired) electrons. The van der Waals surface area contributed by atoms with E-state index < -0.39 is 73.3 Å². The number of carbonyl (C=O) groups is 4. The van der Waals surface area contributed by atoms with Gasteiger partial charge in [-0.05, 0) is 68.7 Å². The molecule has 12 nitrogen and oxygen atoms in total. The lowest BCUT2D eigenvalue weighted by atomic mass is 9.71. The number of likely N-dealkylation sites (tertiary alicyclic amines) is 1. The van der Waals surface area contributed by atoms with Gasteiger partial charge in [-0.25, -0.2) is 4.79 Å². The minimum absolute atomic E-state index is 0.114. The molecular weight excluding hydrogens is 538 g/mol. The van der Waals surface area contributed by atoms with Gasteiger partial charge < -0.3 is 34.6 Å². The van der Waals surface area contributed by atoms with E-state index in [4.69, 9.17) is 14.2 Å². The van der Waals surface area contributed by atoms with Gasteiger partial charge in [0.1, 0.15) is 0 Å². The van der Waals surface area contributed by atoms with E-state index in [2.05, 4.69) is 11.8 Å². The molecule has 0 unspecified atom stereocenters. The van der Waals surface area contributed by atoms with Crippen LogP contribution in [0.1, 0.15) is 56.6 Å². The second-order valence-electron chi connectivity index (χ2n) is 11.3. The number of nitrogens with zero attached hydrogens (tertiary/aromatic N) is 1. The number of carboxylic acid groups (broad SMARTS) is 3. The van der Waals surface area contributed by atoms with Gasteiger partial charge >= 0.3 is 23.9 Å². The van der Waals surface area contributed by atoms with Crippen molar-refractivity contribution in [3.05, 3.63) is 23.3 Å². The van der Waals surface area contributed by atoms with E-state index in [1.807, 2.05) is 6.07 Å². The first kappa shape index (κ1) is 30.6. The highest BCUT2D eigenvalue weighted by molar-refractivity contribution is 5.77. The largest absolute Gasteiger partial charge is 0.504 e. The molecule has 1 aromatic carbocycles. The number of carboxylic acids is 3. The number of phenols is 1. The number of hydrogen-bond acceptors (Lipinski definition) is 9. The van der Waals surface area contributed by atoms with Crippen molar-refractivity contribution >= 4 is 23.9 Å². The molecule has 226 valence electrons. The van der Waals surface area contributed by atoms with Crippen molar-refractivity contribution < 1.29 is 53.8 Å². The van der Waals surface area contributed by atoms with Crippen LogP contribution >= 0.6 is 0 Å². The second-order valence-corrected chi connectivity index (χ2v) is 11.3. The topological polar surface area (TPSA) is 180 Å². The molecule has 1 aromatic rings. The summed E-state index contributed by atoms with van der Waals surface area (Å²) in [4.78, 5) is 50.7. The Hall–Kier alpha value is -3.38. The molecule has 0 amide bonds. The summed E-state index contributed by atoms with van der Waals surface area (Å²) in [6, 6.07) is 3.73. The van der Waals surface area contributed by atoms with Gasteiger partial charge in [-0.15, -0.1) is 0 Å². The highest BCUT2D eigenvalue weighted by Gasteiger charge is 2.52. The Morgan fingerprint density at radius 1 is 0.976 bits per heavy atom. The lowest BCUT2D eigenvalue weighted by Crippen LogP contribution is -2.54. The van der Waals surface area contributed by atoms with Crippen LogP contribution in [0, 0.1) is 23.7 Å². The summed E-state index contributed by atoms with van der Waals surface area (Å²) in [7, 11) is 1.09. The lowest BCUT2D eigenvalue weighted by Gasteiger charge is -2.46. The van der Waals surface area contributed by atoms with Gasteiger partial charge in [-0.1, -0.05) is 13.0 Å². The van der Waals surface area contributed by atoms with Crippen molar-refractivity contribution in [1.29, 1.82) is 0 Å². The molecule has 2 heterocycles. The summed E-state index contributed by atoms with van der Waals surface area (Å²) in [5, 5.41) is 39.8. The maximum Gasteiger partial charge on any atom is 0.335 e. The first-order valence-electron chi connectivity index (χ1n) is 14.2. The van der Waals surface area contributed by atoms with E-state index in [9.17, 15) is 39.6 Å². The lowest BCUT2D eigenvalue weighted by molar-refractivity contribution is -0.234. The van der Waals surface area contributed by atoms with Crippen LogP contribution in [-0.4, -0.2) is 87.8 Å². The fourth-order valence-corrected chi connectivity index (χ4v) is 7.08. The third-order valence-electron chi connectivity index (χ3n) is 8.79. The number of esters is 1. The number of rotatable bonds is 11. The molecule has 4 N–H and O–H groups in total. The molecule has 2 saturated heterocycles. The average molecular weight is 578 g/mol. The maximum atomic E-state index is 12.7. The van der Waals surface area contributed by atoms with Crippen LogP contribution in [0.3, 0.4) is 0 Å². The molecule has 0 spiro atoms. The number of methoxy groups -OCH3 is 1. The van der Waals surface area contributed by atoms with Crippen LogP contribution < -0.4 is 4.74 Å². The molecule has 0 aromatic heterocycles. The van der Waals surface area contributed by atoms with E-state index >= 15 is 0 Å². The summed E-state index contributed by atoms with van der Waals surface area (Å²) < 4.78 is 17.0. The molecule has 4 rings (SSSR count). The van der Waals surface area contributed by atoms with Crippen molar-refractivity contribution in [2.45, 2.75) is 76.7 Å². The van der Waals surface area contributed by atoms with Crippen LogP contribution in [0.15, 0.2) is 12.1 Å². The second kappa shape index (κ2) is 13.1. The Kier molecular flexibility index (Phi) is 9.75. The number of ether oxygens (including phenoxy) is 3. The SMILES string of the molecule is CCCN1CCC[C@@H]2Cc3c(ccc(O)c3O[C@@H]3O[C@H](C(=O)OC)[C@@H](CC(=O)O)[C@H](CC(=O)O)[C@H]3CC(=O)O)C[C@H]21. The van der Waals surface area contributed by atoms with Crippen LogP contribution in [0.2, 0.25) is 0 Å². The quantitative estimate of drug-likeness (QED) is 0.283. The van der Waals surface area contributed by atoms with Crippen LogP contribution in [0.5, 0.6) is 11.5 Å². The zero-order chi connectivity index (χ0) is 29.8. The van der Waals surface area contributed by atoms with Crippen LogP contribution in [-0.2, 0) is 41.5 Å². The summed E-state index contributed by atoms with van der Waals surface area (Å²) >= 11 is 0. The maximum absolute atomic E-state index is 12.7. The third kappa shape index (κ3) is 6.75.